The first-order valence-electron chi connectivity index (χ1n) is 12.7. The zero-order chi connectivity index (χ0) is 23.3. The minimum atomic E-state index is -0.286. The highest BCUT2D eigenvalue weighted by Crippen LogP contribution is 2.51. The third kappa shape index (κ3) is 5.65. The molecule has 5 rings (SSSR count). The smallest absolute Gasteiger partial charge is 0.220 e. The van der Waals surface area contributed by atoms with E-state index in [9.17, 15) is 9.18 Å². The molecule has 2 aromatic carbocycles. The average molecular weight is 468 g/mol. The van der Waals surface area contributed by atoms with Crippen LogP contribution in [0.25, 0.3) is 0 Å². The number of benzene rings is 2. The van der Waals surface area contributed by atoms with Crippen LogP contribution in [0.1, 0.15) is 50.5 Å². The quantitative estimate of drug-likeness (QED) is 0.481. The Balaban J connectivity index is 1.17. The summed E-state index contributed by atoms with van der Waals surface area (Å²) in [7, 11) is 0. The molecule has 0 aromatic heterocycles. The SMILES string of the molecule is O=C(CCCOc1ccc(F)cc1)NC(Cc1ccc2c(c1)OCCO2)CC1C2CCC1CC2. The normalized spacial score (nSPS) is 23.5. The van der Waals surface area contributed by atoms with Crippen molar-refractivity contribution < 1.29 is 23.4 Å². The van der Waals surface area contributed by atoms with Crippen molar-refractivity contribution >= 4 is 5.91 Å². The number of amides is 1. The summed E-state index contributed by atoms with van der Waals surface area (Å²) in [6.45, 7) is 1.58. The maximum Gasteiger partial charge on any atom is 0.220 e. The van der Waals surface area contributed by atoms with E-state index in [0.717, 1.165) is 42.1 Å². The first-order chi connectivity index (χ1) is 16.6. The van der Waals surface area contributed by atoms with E-state index in [1.807, 2.05) is 6.07 Å². The van der Waals surface area contributed by atoms with Gasteiger partial charge in [0.2, 0.25) is 5.91 Å². The molecule has 2 aromatic rings. The van der Waals surface area contributed by atoms with Crippen molar-refractivity contribution in [3.63, 3.8) is 0 Å². The maximum atomic E-state index is 13.0. The number of rotatable bonds is 10. The van der Waals surface area contributed by atoms with Gasteiger partial charge in [-0.15, -0.1) is 0 Å². The molecule has 5 nitrogen and oxygen atoms in total. The molecule has 1 heterocycles. The predicted octanol–water partition coefficient (Wildman–Crippen LogP) is 5.31. The minimum Gasteiger partial charge on any atom is -0.494 e. The zero-order valence-electron chi connectivity index (χ0n) is 19.6. The molecule has 1 aliphatic heterocycles. The Bertz CT molecular complexity index is 959. The summed E-state index contributed by atoms with van der Waals surface area (Å²) in [6.07, 6.45) is 8.26. The second-order valence-corrected chi connectivity index (χ2v) is 9.93. The summed E-state index contributed by atoms with van der Waals surface area (Å²) in [5, 5.41) is 3.33. The topological polar surface area (TPSA) is 56.8 Å². The number of halogens is 1. The monoisotopic (exact) mass is 467 g/mol. The van der Waals surface area contributed by atoms with Gasteiger partial charge in [-0.1, -0.05) is 6.07 Å². The fourth-order valence-electron chi connectivity index (χ4n) is 6.05. The van der Waals surface area contributed by atoms with Gasteiger partial charge in [0.15, 0.2) is 11.5 Å². The van der Waals surface area contributed by atoms with Gasteiger partial charge in [0.25, 0.3) is 0 Å². The number of carbonyl (C=O) groups is 1. The molecule has 2 bridgehead atoms. The van der Waals surface area contributed by atoms with Crippen LogP contribution in [0.5, 0.6) is 17.2 Å². The summed E-state index contributed by atoms with van der Waals surface area (Å²) in [5.41, 5.74) is 1.17. The second kappa shape index (κ2) is 10.7. The molecule has 1 amide bonds. The van der Waals surface area contributed by atoms with Crippen LogP contribution in [0.15, 0.2) is 42.5 Å². The fraction of sp³-hybridized carbons (Fsp3) is 0.536. The average Bonchev–Trinajstić information content (AvgIpc) is 3.42. The number of hydrogen-bond donors (Lipinski definition) is 1. The van der Waals surface area contributed by atoms with Crippen LogP contribution in [0.4, 0.5) is 4.39 Å². The molecule has 3 aliphatic rings. The number of hydrogen-bond acceptors (Lipinski definition) is 4. The van der Waals surface area contributed by atoms with Crippen molar-refractivity contribution in [2.75, 3.05) is 19.8 Å². The molecule has 182 valence electrons. The summed E-state index contributed by atoms with van der Waals surface area (Å²) in [4.78, 5) is 12.8. The van der Waals surface area contributed by atoms with Gasteiger partial charge >= 0.3 is 0 Å². The van der Waals surface area contributed by atoms with Crippen molar-refractivity contribution in [2.24, 2.45) is 17.8 Å². The molecule has 2 fully saturated rings. The Labute approximate surface area is 201 Å². The highest BCUT2D eigenvalue weighted by atomic mass is 19.1. The van der Waals surface area contributed by atoms with E-state index in [0.29, 0.717) is 38.4 Å². The Morgan fingerprint density at radius 1 is 1.00 bits per heavy atom. The number of ether oxygens (including phenoxy) is 3. The molecule has 0 radical (unpaired) electrons. The van der Waals surface area contributed by atoms with E-state index in [1.54, 1.807) is 12.1 Å². The number of nitrogens with one attached hydrogen (secondary N) is 1. The van der Waals surface area contributed by atoms with Crippen LogP contribution in [0.3, 0.4) is 0 Å². The van der Waals surface area contributed by atoms with E-state index < -0.39 is 0 Å². The van der Waals surface area contributed by atoms with Crippen LogP contribution in [0.2, 0.25) is 0 Å². The largest absolute Gasteiger partial charge is 0.494 e. The van der Waals surface area contributed by atoms with Gasteiger partial charge in [-0.3, -0.25) is 4.79 Å². The fourth-order valence-corrected chi connectivity index (χ4v) is 6.05. The highest BCUT2D eigenvalue weighted by Gasteiger charge is 2.42. The summed E-state index contributed by atoms with van der Waals surface area (Å²) < 4.78 is 30.1. The van der Waals surface area contributed by atoms with Crippen LogP contribution >= 0.6 is 0 Å². The minimum absolute atomic E-state index is 0.0654. The van der Waals surface area contributed by atoms with Gasteiger partial charge in [0.05, 0.1) is 6.61 Å². The Hall–Kier alpha value is -2.76. The maximum absolute atomic E-state index is 13.0. The third-order valence-corrected chi connectivity index (χ3v) is 7.67. The second-order valence-electron chi connectivity index (χ2n) is 9.93. The van der Waals surface area contributed by atoms with Crippen molar-refractivity contribution in [3.8, 4) is 17.2 Å². The van der Waals surface area contributed by atoms with Gasteiger partial charge in [-0.05, 0) is 105 Å². The van der Waals surface area contributed by atoms with E-state index in [1.165, 1.54) is 43.4 Å². The Morgan fingerprint density at radius 2 is 1.71 bits per heavy atom. The van der Waals surface area contributed by atoms with E-state index >= 15 is 0 Å². The molecule has 2 saturated carbocycles. The Morgan fingerprint density at radius 3 is 2.44 bits per heavy atom. The lowest BCUT2D eigenvalue weighted by Crippen LogP contribution is -2.38. The van der Waals surface area contributed by atoms with Crippen LogP contribution in [0, 0.1) is 23.6 Å². The van der Waals surface area contributed by atoms with Gasteiger partial charge < -0.3 is 19.5 Å². The van der Waals surface area contributed by atoms with Gasteiger partial charge in [-0.25, -0.2) is 4.39 Å². The van der Waals surface area contributed by atoms with Crippen LogP contribution in [-0.4, -0.2) is 31.8 Å². The van der Waals surface area contributed by atoms with Crippen molar-refractivity contribution in [3.05, 3.63) is 53.8 Å². The molecule has 2 aliphatic carbocycles. The first-order valence-corrected chi connectivity index (χ1v) is 12.7. The zero-order valence-corrected chi connectivity index (χ0v) is 19.6. The van der Waals surface area contributed by atoms with Crippen LogP contribution in [-0.2, 0) is 11.2 Å². The predicted molar refractivity (Wildman–Crippen MR) is 128 cm³/mol. The van der Waals surface area contributed by atoms with Crippen LogP contribution < -0.4 is 19.5 Å². The molecule has 1 N–H and O–H groups in total. The van der Waals surface area contributed by atoms with Gasteiger partial charge in [0, 0.05) is 12.5 Å². The molecule has 34 heavy (non-hydrogen) atoms. The highest BCUT2D eigenvalue weighted by molar-refractivity contribution is 5.76. The van der Waals surface area contributed by atoms with Gasteiger partial charge in [-0.2, -0.15) is 0 Å². The molecular weight excluding hydrogens is 433 g/mol. The first kappa shape index (κ1) is 23.0. The van der Waals surface area contributed by atoms with E-state index in [-0.39, 0.29) is 17.8 Å². The summed E-state index contributed by atoms with van der Waals surface area (Å²) in [5.74, 6) is 4.38. The van der Waals surface area contributed by atoms with E-state index in [2.05, 4.69) is 17.4 Å². The standard InChI is InChI=1S/C28H34FNO4/c29-22-8-10-24(11-9-22)32-13-1-2-28(31)30-23(18-25-20-4-5-21(25)7-6-20)16-19-3-12-26-27(17-19)34-15-14-33-26/h3,8-12,17,20-21,23,25H,1-2,4-7,13-16,18H2,(H,30,31). The molecular formula is C28H34FNO4. The van der Waals surface area contributed by atoms with Crippen molar-refractivity contribution in [1.82, 2.24) is 5.32 Å². The lowest BCUT2D eigenvalue weighted by molar-refractivity contribution is -0.122. The molecule has 0 spiro atoms. The molecule has 6 heteroatoms. The Kier molecular flexibility index (Phi) is 7.21. The lowest BCUT2D eigenvalue weighted by atomic mass is 9.88. The lowest BCUT2D eigenvalue weighted by Gasteiger charge is -2.26. The molecule has 1 unspecified atom stereocenters. The van der Waals surface area contributed by atoms with Gasteiger partial charge in [0.1, 0.15) is 24.8 Å². The van der Waals surface area contributed by atoms with Crippen molar-refractivity contribution in [2.45, 2.75) is 57.4 Å². The van der Waals surface area contributed by atoms with E-state index in [4.69, 9.17) is 14.2 Å². The number of carbonyl (C=O) groups excluding carboxylic acids is 1. The summed E-state index contributed by atoms with van der Waals surface area (Å²) >= 11 is 0. The van der Waals surface area contributed by atoms with Crippen molar-refractivity contribution in [1.29, 1.82) is 0 Å². The number of fused-ring (bicyclic) bond motifs is 3. The molecule has 1 atom stereocenters. The third-order valence-electron chi connectivity index (χ3n) is 7.67. The molecule has 0 saturated heterocycles. The summed E-state index contributed by atoms with van der Waals surface area (Å²) in [6, 6.07) is 12.2.